The monoisotopic (exact) mass is 712 g/mol. The van der Waals surface area contributed by atoms with E-state index in [1.54, 1.807) is 0 Å². The molecule has 20 heteroatoms. The second kappa shape index (κ2) is 45.2. The molecule has 0 aromatic heterocycles. The van der Waals surface area contributed by atoms with Crippen LogP contribution in [0.15, 0.2) is 0 Å². The van der Waals surface area contributed by atoms with Gasteiger partial charge in [0.05, 0.1) is 0 Å². The Labute approximate surface area is 208 Å². The first-order chi connectivity index (χ1) is 13.7. The van der Waals surface area contributed by atoms with Crippen molar-refractivity contribution in [3.8, 4) is 0 Å². The van der Waals surface area contributed by atoms with Gasteiger partial charge in [-0.3, -0.25) is 0 Å². The van der Waals surface area contributed by atoms with E-state index in [0.29, 0.717) is 51.3 Å². The molecule has 0 aliphatic heterocycles. The molecule has 0 spiro atoms. The minimum absolute atomic E-state index is 0.586. The Morgan fingerprint density at radius 1 is 0.286 bits per heavy atom. The standard InChI is InChI=1S/8CH3NO.4Zr/c8*2-1-3;;;;/h8*1H,(H2,2,3);;;;/q;;;;;;;;4*+2/p-8. The third-order valence-electron chi connectivity index (χ3n) is 1.05. The van der Waals surface area contributed by atoms with Gasteiger partial charge in [-0.25, -0.2) is 0 Å². The van der Waals surface area contributed by atoms with E-state index in [9.17, 15) is 38.4 Å². The number of hydrogen-bond acceptors (Lipinski definition) is 8. The van der Waals surface area contributed by atoms with Crippen molar-refractivity contribution in [2.24, 2.45) is 0 Å². The SMILES string of the molecule is O=C[NH][Zr][NH]C=O.O=C[NH][Zr][NH]C=O.O=C[NH][Zr][NH]C=O.O=C[NH][Zr][NH]C=O. The van der Waals surface area contributed by atoms with Gasteiger partial charge in [0.25, 0.3) is 0 Å². The van der Waals surface area contributed by atoms with Crippen molar-refractivity contribution >= 4 is 51.3 Å². The van der Waals surface area contributed by atoms with Crippen molar-refractivity contribution in [2.75, 3.05) is 0 Å². The van der Waals surface area contributed by atoms with Crippen LogP contribution in [-0.2, 0) is 134 Å². The average Bonchev–Trinajstić information content (AvgIpc) is 2.71. The molecule has 28 heavy (non-hydrogen) atoms. The summed E-state index contributed by atoms with van der Waals surface area (Å²) in [6.07, 6.45) is 4.69. The molecule has 0 aromatic carbocycles. The van der Waals surface area contributed by atoms with Crippen LogP contribution in [0.25, 0.3) is 0 Å². The van der Waals surface area contributed by atoms with Gasteiger partial charge in [0, 0.05) is 0 Å². The number of nitrogens with one attached hydrogen (secondary N) is 8. The fourth-order valence-electron chi connectivity index (χ4n) is 0.402. The normalized spacial score (nSPS) is 6.29. The zero-order valence-corrected chi connectivity index (χ0v) is 23.7. The third-order valence-corrected chi connectivity index (χ3v) is 6.20. The molecule has 0 saturated heterocycles. The summed E-state index contributed by atoms with van der Waals surface area (Å²) < 4.78 is 19.2. The molecule has 0 atom stereocenters. The van der Waals surface area contributed by atoms with Crippen LogP contribution in [0.2, 0.25) is 0 Å². The van der Waals surface area contributed by atoms with Crippen LogP contribution in [0.5, 0.6) is 0 Å². The van der Waals surface area contributed by atoms with Crippen molar-refractivity contribution < 1.29 is 134 Å². The molecular weight excluding hydrogens is 701 g/mol. The summed E-state index contributed by atoms with van der Waals surface area (Å²) in [5, 5.41) is 0. The van der Waals surface area contributed by atoms with E-state index < -0.39 is 95.3 Å². The number of amides is 8. The summed E-state index contributed by atoms with van der Waals surface area (Å²) in [5.74, 6) is 0. The summed E-state index contributed by atoms with van der Waals surface area (Å²) >= 11 is -4.22. The molecule has 16 nitrogen and oxygen atoms in total. The first kappa shape index (κ1) is 34.8. The van der Waals surface area contributed by atoms with Gasteiger partial charge in [-0.1, -0.05) is 0 Å². The summed E-state index contributed by atoms with van der Waals surface area (Å²) in [4.78, 5) is 75.6. The van der Waals surface area contributed by atoms with Crippen LogP contribution in [0.1, 0.15) is 0 Å². The van der Waals surface area contributed by atoms with Gasteiger partial charge in [-0.05, 0) is 0 Å². The van der Waals surface area contributed by atoms with Gasteiger partial charge in [0.2, 0.25) is 0 Å². The van der Waals surface area contributed by atoms with E-state index in [4.69, 9.17) is 0 Å². The number of rotatable bonds is 16. The quantitative estimate of drug-likeness (QED) is 0.0564. The second-order valence-electron chi connectivity index (χ2n) is 2.60. The molecule has 8 N–H and O–H groups in total. The summed E-state index contributed by atoms with van der Waals surface area (Å²) in [5.41, 5.74) is 0. The summed E-state index contributed by atoms with van der Waals surface area (Å²) in [7, 11) is 0. The van der Waals surface area contributed by atoms with E-state index in [0.717, 1.165) is 0 Å². The molecule has 0 fully saturated rings. The Morgan fingerprint density at radius 3 is 0.464 bits per heavy atom. The minimum atomic E-state index is -1.05. The predicted molar refractivity (Wildman–Crippen MR) is 73.6 cm³/mol. The molecule has 0 bridgehead atoms. The van der Waals surface area contributed by atoms with Crippen molar-refractivity contribution in [2.45, 2.75) is 0 Å². The van der Waals surface area contributed by atoms with Crippen molar-refractivity contribution in [1.82, 2.24) is 26.1 Å². The fraction of sp³-hybridized carbons (Fsp3) is 0. The molecular formula is C8H16N8O8Zr4. The molecule has 0 saturated carbocycles. The number of carbonyl (C=O) groups is 8. The van der Waals surface area contributed by atoms with Crippen LogP contribution in [0.4, 0.5) is 0 Å². The molecule has 0 heterocycles. The summed E-state index contributed by atoms with van der Waals surface area (Å²) in [6, 6.07) is 0. The maximum absolute atomic E-state index is 9.46. The Balaban J connectivity index is -0.000000137. The molecule has 8 amide bonds. The molecule has 0 aliphatic carbocycles. The van der Waals surface area contributed by atoms with Crippen LogP contribution >= 0.6 is 0 Å². The molecule has 0 aromatic rings. The van der Waals surface area contributed by atoms with E-state index >= 15 is 0 Å². The van der Waals surface area contributed by atoms with Gasteiger partial charge in [-0.15, -0.1) is 0 Å². The molecule has 0 unspecified atom stereocenters. The van der Waals surface area contributed by atoms with Crippen LogP contribution in [0.3, 0.4) is 0 Å². The van der Waals surface area contributed by atoms with E-state index in [1.807, 2.05) is 0 Å². The van der Waals surface area contributed by atoms with Crippen molar-refractivity contribution in [3.05, 3.63) is 0 Å². The predicted octanol–water partition coefficient (Wildman–Crippen LogP) is -6.44. The van der Waals surface area contributed by atoms with E-state index in [2.05, 4.69) is 26.1 Å². The number of hydrogen-bond donors (Lipinski definition) is 8. The van der Waals surface area contributed by atoms with Gasteiger partial charge in [0.15, 0.2) is 0 Å². The number of carbonyl (C=O) groups excluding carboxylic acids is 8. The Morgan fingerprint density at radius 2 is 0.393 bits per heavy atom. The Kier molecular flexibility index (Phi) is 56.1. The second-order valence-corrected chi connectivity index (χ2v) is 10.7. The Hall–Kier alpha value is -0.708. The van der Waals surface area contributed by atoms with Crippen molar-refractivity contribution in [1.29, 1.82) is 0 Å². The summed E-state index contributed by atoms with van der Waals surface area (Å²) in [6.45, 7) is 0. The van der Waals surface area contributed by atoms with Gasteiger partial charge >= 0.3 is 211 Å². The van der Waals surface area contributed by atoms with Crippen LogP contribution < -0.4 is 26.1 Å². The van der Waals surface area contributed by atoms with Gasteiger partial charge in [-0.2, -0.15) is 0 Å². The maximum atomic E-state index is 9.46. The molecule has 0 rings (SSSR count). The first-order valence-electron chi connectivity index (χ1n) is 6.20. The average molecular weight is 717 g/mol. The topological polar surface area (TPSA) is 233 Å². The third kappa shape index (κ3) is 63.8. The molecule has 0 aliphatic rings. The van der Waals surface area contributed by atoms with Crippen LogP contribution in [-0.4, -0.2) is 51.3 Å². The molecule has 0 radical (unpaired) electrons. The van der Waals surface area contributed by atoms with Gasteiger partial charge in [0.1, 0.15) is 0 Å². The van der Waals surface area contributed by atoms with Crippen molar-refractivity contribution in [3.63, 3.8) is 0 Å². The zero-order chi connectivity index (χ0) is 22.1. The fourth-order valence-corrected chi connectivity index (χ4v) is 2.38. The van der Waals surface area contributed by atoms with E-state index in [-0.39, 0.29) is 0 Å². The van der Waals surface area contributed by atoms with E-state index in [1.165, 1.54) is 0 Å². The first-order valence-corrected chi connectivity index (χ1v) is 16.0. The molecule has 152 valence electrons. The zero-order valence-electron chi connectivity index (χ0n) is 13.9. The Bertz CT molecular complexity index is 307. The van der Waals surface area contributed by atoms with Crippen LogP contribution in [0, 0.1) is 0 Å². The van der Waals surface area contributed by atoms with Gasteiger partial charge < -0.3 is 0 Å².